The van der Waals surface area contributed by atoms with Crippen molar-refractivity contribution >= 4 is 29.2 Å². The molecule has 0 bridgehead atoms. The van der Waals surface area contributed by atoms with E-state index in [-0.39, 0.29) is 10.6 Å². The first-order valence-electron chi connectivity index (χ1n) is 7.05. The Morgan fingerprint density at radius 1 is 1.15 bits per heavy atom. The van der Waals surface area contributed by atoms with Crippen LogP contribution in [0.2, 0.25) is 5.02 Å². The number of nitrogens with one attached hydrogen (secondary N) is 1. The second-order valence-electron chi connectivity index (χ2n) is 4.97. The molecule has 0 heterocycles. The van der Waals surface area contributed by atoms with Crippen molar-refractivity contribution in [3.63, 3.8) is 0 Å². The average Bonchev–Trinajstić information content (AvgIpc) is 2.60. The zero-order valence-electron chi connectivity index (χ0n) is 12.9. The molecule has 0 unspecified atom stereocenters. The third kappa shape index (κ3) is 4.74. The topological polar surface area (TPSA) is 79.2 Å². The van der Waals surface area contributed by atoms with Crippen molar-refractivity contribution < 1.29 is 27.5 Å². The zero-order chi connectivity index (χ0) is 19.3. The molecular weight excluding hydrogens is 373 g/mol. The van der Waals surface area contributed by atoms with E-state index in [4.69, 9.17) is 21.6 Å². The lowest BCUT2D eigenvalue weighted by Crippen LogP contribution is -2.23. The van der Waals surface area contributed by atoms with E-state index in [0.29, 0.717) is 5.56 Å². The van der Waals surface area contributed by atoms with Gasteiger partial charge in [0.15, 0.2) is 6.61 Å². The molecule has 2 rings (SSSR count). The molecule has 9 heteroatoms. The number of rotatable bonds is 4. The number of alkyl halides is 3. The number of halogens is 4. The number of nitriles is 1. The van der Waals surface area contributed by atoms with Gasteiger partial charge in [0, 0.05) is 0 Å². The van der Waals surface area contributed by atoms with Crippen LogP contribution in [-0.2, 0) is 15.7 Å². The molecule has 0 aromatic heterocycles. The summed E-state index contributed by atoms with van der Waals surface area (Å²) in [6.07, 6.45) is -4.72. The van der Waals surface area contributed by atoms with E-state index in [1.165, 1.54) is 30.3 Å². The molecule has 0 aliphatic rings. The van der Waals surface area contributed by atoms with Gasteiger partial charge in [-0.25, -0.2) is 4.79 Å². The number of carbonyl (C=O) groups excluding carboxylic acids is 2. The lowest BCUT2D eigenvalue weighted by atomic mass is 10.1. The lowest BCUT2D eigenvalue weighted by molar-refractivity contribution is -0.137. The standard InChI is InChI=1S/C17H10ClF3N2O3/c18-13-3-1-2-12(17(19,20)21)15(13)23-14(24)9-26-16(25)11-6-4-10(8-22)5-7-11/h1-7H,9H2,(H,23,24). The molecule has 0 spiro atoms. The smallest absolute Gasteiger partial charge is 0.418 e. The first-order valence-corrected chi connectivity index (χ1v) is 7.43. The summed E-state index contributed by atoms with van der Waals surface area (Å²) >= 11 is 5.72. The Hall–Kier alpha value is -3.05. The van der Waals surface area contributed by atoms with Crippen LogP contribution in [0.25, 0.3) is 0 Å². The Morgan fingerprint density at radius 2 is 1.81 bits per heavy atom. The number of carbonyl (C=O) groups is 2. The van der Waals surface area contributed by atoms with Crippen molar-refractivity contribution in [2.45, 2.75) is 6.18 Å². The van der Waals surface area contributed by atoms with Crippen LogP contribution in [0.4, 0.5) is 18.9 Å². The minimum Gasteiger partial charge on any atom is -0.452 e. The van der Waals surface area contributed by atoms with E-state index in [2.05, 4.69) is 0 Å². The van der Waals surface area contributed by atoms with Crippen LogP contribution in [0.3, 0.4) is 0 Å². The van der Waals surface area contributed by atoms with Gasteiger partial charge in [-0.1, -0.05) is 17.7 Å². The molecule has 0 aliphatic carbocycles. The van der Waals surface area contributed by atoms with Gasteiger partial charge >= 0.3 is 12.1 Å². The summed E-state index contributed by atoms with van der Waals surface area (Å²) in [7, 11) is 0. The summed E-state index contributed by atoms with van der Waals surface area (Å²) in [6.45, 7) is -0.804. The summed E-state index contributed by atoms with van der Waals surface area (Å²) in [5, 5.41) is 10.4. The lowest BCUT2D eigenvalue weighted by Gasteiger charge is -2.15. The van der Waals surface area contributed by atoms with Gasteiger partial charge in [0.1, 0.15) is 0 Å². The van der Waals surface area contributed by atoms with Crippen molar-refractivity contribution in [2.24, 2.45) is 0 Å². The molecule has 134 valence electrons. The van der Waals surface area contributed by atoms with Gasteiger partial charge < -0.3 is 10.1 Å². The Balaban J connectivity index is 2.03. The molecule has 0 radical (unpaired) electrons. The third-order valence-corrected chi connectivity index (χ3v) is 3.48. The van der Waals surface area contributed by atoms with E-state index in [1.54, 1.807) is 0 Å². The van der Waals surface area contributed by atoms with Crippen LogP contribution < -0.4 is 5.32 Å². The van der Waals surface area contributed by atoms with Crippen molar-refractivity contribution in [3.05, 3.63) is 64.2 Å². The van der Waals surface area contributed by atoms with Crippen LogP contribution in [0.15, 0.2) is 42.5 Å². The predicted molar refractivity (Wildman–Crippen MR) is 86.5 cm³/mol. The molecule has 0 fully saturated rings. The predicted octanol–water partition coefficient (Wildman–Crippen LogP) is 4.03. The first-order chi connectivity index (χ1) is 12.2. The largest absolute Gasteiger partial charge is 0.452 e. The molecular formula is C17H10ClF3N2O3. The normalized spacial score (nSPS) is 10.7. The first kappa shape index (κ1) is 19.3. The summed E-state index contributed by atoms with van der Waals surface area (Å²) in [4.78, 5) is 23.6. The summed E-state index contributed by atoms with van der Waals surface area (Å²) < 4.78 is 43.6. The number of nitrogens with zero attached hydrogens (tertiary/aromatic N) is 1. The van der Waals surface area contributed by atoms with Gasteiger partial charge in [0.2, 0.25) is 0 Å². The number of hydrogen-bond acceptors (Lipinski definition) is 4. The molecule has 2 aromatic rings. The summed E-state index contributed by atoms with van der Waals surface area (Å²) in [5.74, 6) is -1.84. The van der Waals surface area contributed by atoms with Gasteiger partial charge in [-0.05, 0) is 36.4 Å². The van der Waals surface area contributed by atoms with Crippen molar-refractivity contribution in [1.29, 1.82) is 5.26 Å². The quantitative estimate of drug-likeness (QED) is 0.810. The van der Waals surface area contributed by atoms with Gasteiger partial charge in [-0.2, -0.15) is 18.4 Å². The maximum atomic E-state index is 13.0. The average molecular weight is 383 g/mol. The maximum Gasteiger partial charge on any atom is 0.418 e. The fourth-order valence-electron chi connectivity index (χ4n) is 1.96. The minimum absolute atomic E-state index is 0.0884. The van der Waals surface area contributed by atoms with Gasteiger partial charge in [-0.15, -0.1) is 0 Å². The maximum absolute atomic E-state index is 13.0. The molecule has 26 heavy (non-hydrogen) atoms. The fourth-order valence-corrected chi connectivity index (χ4v) is 2.18. The monoisotopic (exact) mass is 382 g/mol. The van der Waals surface area contributed by atoms with Crippen molar-refractivity contribution in [2.75, 3.05) is 11.9 Å². The number of esters is 1. The highest BCUT2D eigenvalue weighted by Gasteiger charge is 2.34. The third-order valence-electron chi connectivity index (χ3n) is 3.17. The highest BCUT2D eigenvalue weighted by Crippen LogP contribution is 2.38. The highest BCUT2D eigenvalue weighted by atomic mass is 35.5. The number of benzene rings is 2. The molecule has 5 nitrogen and oxygen atoms in total. The SMILES string of the molecule is N#Cc1ccc(C(=O)OCC(=O)Nc2c(Cl)cccc2C(F)(F)F)cc1. The van der Waals surface area contributed by atoms with Gasteiger partial charge in [0.25, 0.3) is 5.91 Å². The highest BCUT2D eigenvalue weighted by molar-refractivity contribution is 6.34. The van der Waals surface area contributed by atoms with E-state index >= 15 is 0 Å². The van der Waals surface area contributed by atoms with E-state index in [0.717, 1.165) is 12.1 Å². The van der Waals surface area contributed by atoms with Gasteiger partial charge in [-0.3, -0.25) is 4.79 Å². The van der Waals surface area contributed by atoms with Crippen LogP contribution >= 0.6 is 11.6 Å². The zero-order valence-corrected chi connectivity index (χ0v) is 13.7. The Kier molecular flexibility index (Phi) is 5.85. The Bertz CT molecular complexity index is 874. The molecule has 2 aromatic carbocycles. The molecule has 0 atom stereocenters. The van der Waals surface area contributed by atoms with E-state index < -0.39 is 35.9 Å². The molecule has 0 saturated carbocycles. The number of para-hydroxylation sites is 1. The number of anilines is 1. The van der Waals surface area contributed by atoms with Crippen LogP contribution in [-0.4, -0.2) is 18.5 Å². The minimum atomic E-state index is -4.72. The summed E-state index contributed by atoms with van der Waals surface area (Å²) in [5.41, 5.74) is -1.30. The summed E-state index contributed by atoms with van der Waals surface area (Å²) in [6, 6.07) is 10.4. The number of amides is 1. The number of hydrogen-bond donors (Lipinski definition) is 1. The Morgan fingerprint density at radius 3 is 2.38 bits per heavy atom. The fraction of sp³-hybridized carbons (Fsp3) is 0.118. The molecule has 1 amide bonds. The molecule has 0 saturated heterocycles. The van der Waals surface area contributed by atoms with Crippen LogP contribution in [0.5, 0.6) is 0 Å². The Labute approximate surface area is 150 Å². The van der Waals surface area contributed by atoms with E-state index in [1.807, 2.05) is 11.4 Å². The van der Waals surface area contributed by atoms with Crippen molar-refractivity contribution in [1.82, 2.24) is 0 Å². The second-order valence-corrected chi connectivity index (χ2v) is 5.38. The molecule has 0 aliphatic heterocycles. The van der Waals surface area contributed by atoms with Crippen molar-refractivity contribution in [3.8, 4) is 6.07 Å². The molecule has 1 N–H and O–H groups in total. The number of ether oxygens (including phenoxy) is 1. The van der Waals surface area contributed by atoms with E-state index in [9.17, 15) is 22.8 Å². The van der Waals surface area contributed by atoms with Gasteiger partial charge in [0.05, 0.1) is 33.5 Å². The second kappa shape index (κ2) is 7.89. The van der Waals surface area contributed by atoms with Crippen LogP contribution in [0, 0.1) is 11.3 Å². The van der Waals surface area contributed by atoms with Crippen LogP contribution in [0.1, 0.15) is 21.5 Å².